The predicted octanol–water partition coefficient (Wildman–Crippen LogP) is 4.88. The molecule has 0 heterocycles. The van der Waals surface area contributed by atoms with Crippen LogP contribution in [0, 0.1) is 20.9 Å². The molecule has 0 bridgehead atoms. The standard InChI is InChI=1S/2C14H12O3S.Zn/c2*15-18(16,17)14-11-7-3-5-9-12-8-4-1-2-6-10-13(12)14;/h2*1-11H,(H,15,16,17);/q;;+2/p-2/b2*2-1?,4-1?,5-3?,6-2?,7-3?,8-4?,9-5?,10-6?,11-7?,12-8?,12-9?,13-10?,13-12+,14-11?,14-13?;. The fraction of sp³-hybridized carbons (Fsp3) is 0. The minimum atomic E-state index is -4.51. The van der Waals surface area contributed by atoms with Crippen molar-refractivity contribution in [2.24, 2.45) is 0 Å². The molecule has 4 rings (SSSR count). The topological polar surface area (TPSA) is 114 Å². The van der Waals surface area contributed by atoms with Gasteiger partial charge in [-0.15, -0.1) is 0 Å². The van der Waals surface area contributed by atoms with Crippen LogP contribution in [-0.2, 0) is 39.7 Å². The second-order valence-electron chi connectivity index (χ2n) is 7.40. The van der Waals surface area contributed by atoms with Crippen LogP contribution in [0.4, 0.5) is 0 Å². The molecule has 0 atom stereocenters. The van der Waals surface area contributed by atoms with Crippen molar-refractivity contribution in [3.8, 4) is 0 Å². The van der Waals surface area contributed by atoms with Gasteiger partial charge in [0.15, 0.2) is 0 Å². The molecule has 37 heavy (non-hydrogen) atoms. The van der Waals surface area contributed by atoms with Crippen molar-refractivity contribution in [3.63, 3.8) is 0 Å². The molecule has 0 radical (unpaired) electrons. The third-order valence-corrected chi connectivity index (χ3v) is 6.72. The smallest absolute Gasteiger partial charge is 0.744 e. The Balaban J connectivity index is 0.000000253. The molecular weight excluding hydrogens is 562 g/mol. The Morgan fingerprint density at radius 3 is 0.919 bits per heavy atom. The summed E-state index contributed by atoms with van der Waals surface area (Å²) in [5, 5.41) is 2.19. The van der Waals surface area contributed by atoms with Gasteiger partial charge < -0.3 is 9.11 Å². The van der Waals surface area contributed by atoms with Gasteiger partial charge in [-0.1, -0.05) is 121 Å². The molecule has 4 aliphatic carbocycles. The van der Waals surface area contributed by atoms with E-state index in [0.29, 0.717) is 20.9 Å². The summed E-state index contributed by atoms with van der Waals surface area (Å²) in [6, 6.07) is 37.2. The summed E-state index contributed by atoms with van der Waals surface area (Å²) in [4.78, 5) is -0.427. The zero-order chi connectivity index (χ0) is 26.0. The van der Waals surface area contributed by atoms with Crippen LogP contribution in [0.3, 0.4) is 0 Å². The molecule has 0 amide bonds. The number of rotatable bonds is 2. The van der Waals surface area contributed by atoms with E-state index < -0.39 is 20.2 Å². The Kier molecular flexibility index (Phi) is 11.3. The minimum Gasteiger partial charge on any atom is -0.744 e. The van der Waals surface area contributed by atoms with E-state index in [9.17, 15) is 25.9 Å². The number of hydrogen-bond donors (Lipinski definition) is 0. The summed E-state index contributed by atoms with van der Waals surface area (Å²) in [6.45, 7) is 0. The quantitative estimate of drug-likeness (QED) is 0.245. The maximum atomic E-state index is 11.3. The summed E-state index contributed by atoms with van der Waals surface area (Å²) in [6.07, 6.45) is 0. The molecule has 0 aromatic carbocycles. The van der Waals surface area contributed by atoms with Crippen molar-refractivity contribution in [2.75, 3.05) is 0 Å². The average Bonchev–Trinajstić information content (AvgIpc) is 2.73. The van der Waals surface area contributed by atoms with Crippen molar-refractivity contribution in [1.29, 1.82) is 0 Å². The maximum absolute atomic E-state index is 11.3. The monoisotopic (exact) mass is 582 g/mol. The van der Waals surface area contributed by atoms with Gasteiger partial charge >= 0.3 is 19.5 Å². The molecule has 0 saturated heterocycles. The Morgan fingerprint density at radius 2 is 0.622 bits per heavy atom. The summed E-state index contributed by atoms with van der Waals surface area (Å²) < 4.78 is 67.9. The van der Waals surface area contributed by atoms with Gasteiger partial charge in [0.05, 0.1) is 9.79 Å². The van der Waals surface area contributed by atoms with E-state index >= 15 is 0 Å². The molecular formula is C28H22O6S2Zn. The molecule has 0 fully saturated rings. The van der Waals surface area contributed by atoms with E-state index in [0.717, 1.165) is 0 Å². The van der Waals surface area contributed by atoms with E-state index in [1.54, 1.807) is 97.1 Å². The van der Waals surface area contributed by atoms with Gasteiger partial charge in [0, 0.05) is 0 Å². The molecule has 184 valence electrons. The van der Waals surface area contributed by atoms with Gasteiger partial charge in [-0.05, 0) is 33.0 Å². The van der Waals surface area contributed by atoms with Gasteiger partial charge in [-0.25, -0.2) is 16.8 Å². The van der Waals surface area contributed by atoms with E-state index in [1.807, 2.05) is 12.1 Å². The molecule has 0 spiro atoms. The third-order valence-electron chi connectivity index (χ3n) is 4.93. The molecule has 9 heteroatoms. The van der Waals surface area contributed by atoms with Crippen LogP contribution in [0.25, 0.3) is 0 Å². The molecule has 6 nitrogen and oxygen atoms in total. The van der Waals surface area contributed by atoms with Crippen LogP contribution in [0.2, 0.25) is 0 Å². The van der Waals surface area contributed by atoms with Crippen molar-refractivity contribution < 1.29 is 45.4 Å². The average molecular weight is 584 g/mol. The molecule has 0 unspecified atom stereocenters. The van der Waals surface area contributed by atoms with E-state index in [-0.39, 0.29) is 29.3 Å². The van der Waals surface area contributed by atoms with E-state index in [4.69, 9.17) is 0 Å². The summed E-state index contributed by atoms with van der Waals surface area (Å²) in [5.41, 5.74) is 0. The summed E-state index contributed by atoms with van der Waals surface area (Å²) in [7, 11) is -9.01. The zero-order valence-corrected chi connectivity index (χ0v) is 24.3. The van der Waals surface area contributed by atoms with Crippen LogP contribution in [0.15, 0.2) is 143 Å². The Bertz CT molecular complexity index is 1650. The van der Waals surface area contributed by atoms with Gasteiger partial charge in [0.25, 0.3) is 0 Å². The fourth-order valence-electron chi connectivity index (χ4n) is 3.34. The first-order valence-electron chi connectivity index (χ1n) is 10.7. The normalized spacial score (nSPS) is 12.6. The van der Waals surface area contributed by atoms with Crippen LogP contribution >= 0.6 is 0 Å². The minimum absolute atomic E-state index is 0. The molecule has 4 aliphatic rings. The third kappa shape index (κ3) is 9.00. The maximum Gasteiger partial charge on any atom is 2.00 e. The van der Waals surface area contributed by atoms with Gasteiger partial charge in [-0.2, -0.15) is 0 Å². The summed E-state index contributed by atoms with van der Waals surface area (Å²) in [5.74, 6) is 0. The Morgan fingerprint density at radius 1 is 0.378 bits per heavy atom. The van der Waals surface area contributed by atoms with Crippen LogP contribution in [0.5, 0.6) is 0 Å². The van der Waals surface area contributed by atoms with E-state index in [2.05, 4.69) is 0 Å². The molecule has 0 aliphatic heterocycles. The number of hydrogen-bond acceptors (Lipinski definition) is 6. The van der Waals surface area contributed by atoms with E-state index in [1.165, 1.54) is 24.3 Å². The zero-order valence-electron chi connectivity index (χ0n) is 19.7. The van der Waals surface area contributed by atoms with Crippen LogP contribution < -0.4 is 0 Å². The van der Waals surface area contributed by atoms with Crippen molar-refractivity contribution >= 4 is 20.2 Å². The fourth-order valence-corrected chi connectivity index (χ4v) is 4.74. The van der Waals surface area contributed by atoms with Crippen molar-refractivity contribution in [1.82, 2.24) is 0 Å². The molecule has 0 N–H and O–H groups in total. The second-order valence-corrected chi connectivity index (χ2v) is 10.1. The first-order valence-corrected chi connectivity index (χ1v) is 13.5. The van der Waals surface area contributed by atoms with Gasteiger partial charge in [-0.3, -0.25) is 0 Å². The van der Waals surface area contributed by atoms with Crippen molar-refractivity contribution in [2.45, 2.75) is 9.79 Å². The Labute approximate surface area is 228 Å². The first-order chi connectivity index (χ1) is 17.2. The Hall–Kier alpha value is -3.20. The van der Waals surface area contributed by atoms with Crippen LogP contribution in [-0.4, -0.2) is 25.9 Å². The predicted molar refractivity (Wildman–Crippen MR) is 135 cm³/mol. The SMILES string of the molecule is O=S(=O)([O-])c1ccccc/c2cccccc/c1=2.O=S(=O)([O-])c1ccccc/c2cccccc/c1=2.[Zn+2]. The first kappa shape index (κ1) is 30.0. The van der Waals surface area contributed by atoms with Gasteiger partial charge in [0.1, 0.15) is 20.2 Å². The largest absolute Gasteiger partial charge is 2.00 e. The van der Waals surface area contributed by atoms with Crippen molar-refractivity contribution in [3.05, 3.63) is 154 Å². The molecule has 0 aromatic heterocycles. The molecule has 0 aromatic rings. The molecule has 0 saturated carbocycles. The summed E-state index contributed by atoms with van der Waals surface area (Å²) >= 11 is 0. The van der Waals surface area contributed by atoms with Gasteiger partial charge in [0.2, 0.25) is 0 Å². The van der Waals surface area contributed by atoms with Crippen LogP contribution in [0.1, 0.15) is 0 Å². The second kappa shape index (κ2) is 13.9.